The molecule has 0 aromatic carbocycles. The van der Waals surface area contributed by atoms with Crippen LogP contribution in [0, 0.1) is 58.1 Å². The number of hydrogen-bond donors (Lipinski definition) is 3. The second kappa shape index (κ2) is 22.0. The van der Waals surface area contributed by atoms with E-state index in [1.165, 1.54) is 25.7 Å². The molecule has 0 saturated heterocycles. The van der Waals surface area contributed by atoms with E-state index in [4.69, 9.17) is 46.1 Å². The van der Waals surface area contributed by atoms with Gasteiger partial charge in [0, 0.05) is 42.8 Å². The van der Waals surface area contributed by atoms with E-state index in [9.17, 15) is 27.9 Å². The summed E-state index contributed by atoms with van der Waals surface area (Å²) >= 11 is 0. The summed E-state index contributed by atoms with van der Waals surface area (Å²) in [5.41, 5.74) is 4.03. The molecule has 8 aliphatic carbocycles. The average molecular weight is 860 g/mol. The van der Waals surface area contributed by atoms with Gasteiger partial charge in [-0.1, -0.05) is 96.6 Å². The van der Waals surface area contributed by atoms with Gasteiger partial charge in [0.15, 0.2) is 6.61 Å². The molecule has 4 N–H and O–H groups in total. The Morgan fingerprint density at radius 3 is 2.36 bits per heavy atom. The molecular formula is C48H81BF3N2O5. The average Bonchev–Trinajstić information content (AvgIpc) is 0.760. The van der Waals surface area contributed by atoms with E-state index in [0.29, 0.717) is 22.7 Å². The molecule has 7 saturated carbocycles. The number of alkyl carbamates (subject to hydrolysis) is 1. The van der Waals surface area contributed by atoms with Gasteiger partial charge in [0.1, 0.15) is 5.60 Å². The number of carbonyl (C=O) groups excluding carboxylic acids is 2. The molecule has 59 heavy (non-hydrogen) atoms. The number of alkyl halides is 3. The summed E-state index contributed by atoms with van der Waals surface area (Å²) in [6.45, 7) is 7.75. The number of carbonyl (C=O) groups is 2. The predicted octanol–water partition coefficient (Wildman–Crippen LogP) is 11.2. The number of allylic oxidation sites excluding steroid dienone is 3. The Morgan fingerprint density at radius 2 is 1.85 bits per heavy atom. The molecule has 7 nitrogen and oxygen atoms in total. The largest absolute Gasteiger partial charge is 0.453 e. The van der Waals surface area contributed by atoms with Gasteiger partial charge in [-0.05, 0) is 152 Å². The fourth-order valence-corrected chi connectivity index (χ4v) is 9.28. The topological polar surface area (TPSA) is 111 Å². The Labute approximate surface area is 393 Å². The number of amides is 1. The normalized spacial score (nSPS) is 49.2. The van der Waals surface area contributed by atoms with E-state index in [-0.39, 0.29) is 0 Å². The summed E-state index contributed by atoms with van der Waals surface area (Å²) in [6.07, 6.45) is -14.5. The molecule has 0 aromatic rings. The van der Waals surface area contributed by atoms with E-state index in [1.54, 1.807) is 28.6 Å². The van der Waals surface area contributed by atoms with Crippen molar-refractivity contribution in [3.63, 3.8) is 0 Å². The van der Waals surface area contributed by atoms with Crippen molar-refractivity contribution >= 4 is 19.9 Å². The minimum atomic E-state index is -4.46. The van der Waals surface area contributed by atoms with E-state index >= 15 is 0 Å². The smallest absolute Gasteiger partial charge is 0.422 e. The van der Waals surface area contributed by atoms with Crippen molar-refractivity contribution in [3.8, 4) is 0 Å². The van der Waals surface area contributed by atoms with Crippen LogP contribution in [0.5, 0.6) is 0 Å². The van der Waals surface area contributed by atoms with Crippen LogP contribution in [0.15, 0.2) is 49.0 Å². The summed E-state index contributed by atoms with van der Waals surface area (Å²) in [4.78, 5) is 21.8. The number of hydrogen-bond acceptors (Lipinski definition) is 6. The van der Waals surface area contributed by atoms with Gasteiger partial charge in [0.25, 0.3) is 0 Å². The summed E-state index contributed by atoms with van der Waals surface area (Å²) in [5, 5.41) is 12.1. The lowest BCUT2D eigenvalue weighted by atomic mass is 9.32. The monoisotopic (exact) mass is 860 g/mol. The fourth-order valence-electron chi connectivity index (χ4n) is 9.28. The zero-order chi connectivity index (χ0) is 67.4. The maximum Gasteiger partial charge on any atom is 0.422 e. The molecule has 2 unspecified atom stereocenters. The molecule has 13 atom stereocenters. The van der Waals surface area contributed by atoms with Gasteiger partial charge >= 0.3 is 18.2 Å². The number of rotatable bonds is 6. The Bertz CT molecular complexity index is 2490. The van der Waals surface area contributed by atoms with Gasteiger partial charge < -0.3 is 25.6 Å². The van der Waals surface area contributed by atoms with E-state index < -0.39 is 150 Å². The number of halogens is 3. The first kappa shape index (κ1) is 24.9. The van der Waals surface area contributed by atoms with Crippen molar-refractivity contribution in [1.29, 1.82) is 1.34 Å². The van der Waals surface area contributed by atoms with Crippen molar-refractivity contribution in [1.82, 2.24) is 5.32 Å². The number of ether oxygens (including phenoxy) is 2. The molecule has 0 heterocycles. The first-order chi connectivity index (χ1) is 37.6. The van der Waals surface area contributed by atoms with Crippen LogP contribution in [-0.4, -0.2) is 62.9 Å². The molecule has 0 spiro atoms. The van der Waals surface area contributed by atoms with Crippen LogP contribution in [-0.2, 0) is 14.3 Å². The highest BCUT2D eigenvalue weighted by Gasteiger charge is 2.66. The standard InChI is InChI=1S/C19H32B.C12H21NO2.C7H15NO.C5H5F3O2.C5H8/c1-10-14-6-12(18(14,3)4)7-15(10)19(5)13-8-16(19)11(2)17(20)9-13;1-9-5-7-10(8-6-9)13-11(14)15-12(2,3)4;1-5-2-3-6(8)4-7(5)9;1-2-4(9)10-3-5(6,7)8;1-4-5(2)3/h10-17,20H,6-9H2,1-5H3;5,10H,6-8H2,1-4H3,(H,13,14);5-7,9H,2-4,8H2,1H3;2H,1,3H2;4H,1-2H2,3H3/t10-,11-,12+,13+,14-,15?,16-,17-,19?;10-;5-,6-,7-;;/m001../s1/i20D;1D3,5D,6D2,7D2;1D3,2D2,4D2,5D,7D;;1D2,2D2,3D3,4D. The first-order valence-electron chi connectivity index (χ1n) is 32.7. The molecule has 7 fully saturated rings. The van der Waals surface area contributed by atoms with Crippen molar-refractivity contribution in [2.24, 2.45) is 63.9 Å². The highest BCUT2D eigenvalue weighted by atomic mass is 19.4. The third-order valence-corrected chi connectivity index (χ3v) is 12.5. The third-order valence-electron chi connectivity index (χ3n) is 12.5. The molecule has 337 valence electrons. The van der Waals surface area contributed by atoms with Crippen molar-refractivity contribution < 1.29 is 71.6 Å². The zero-order valence-corrected chi connectivity index (χ0v) is 35.4. The molecule has 1 amide bonds. The minimum absolute atomic E-state index is 0.576. The predicted molar refractivity (Wildman–Crippen MR) is 237 cm³/mol. The Balaban J connectivity index is 0.000000373. The van der Waals surface area contributed by atoms with Crippen LogP contribution >= 0.6 is 0 Å². The maximum absolute atomic E-state index is 11.8. The van der Waals surface area contributed by atoms with Crippen LogP contribution in [0.2, 0.25) is 5.82 Å². The van der Waals surface area contributed by atoms with Crippen molar-refractivity contribution in [2.75, 3.05) is 6.61 Å². The van der Waals surface area contributed by atoms with Crippen LogP contribution in [0.4, 0.5) is 18.0 Å². The number of nitrogens with two attached hydrogens (primary N) is 1. The molecule has 8 rings (SSSR count). The molecule has 8 aliphatic rings. The van der Waals surface area contributed by atoms with Crippen molar-refractivity contribution in [2.45, 2.75) is 176 Å². The second-order valence-electron chi connectivity index (χ2n) is 17.7. The molecule has 11 heteroatoms. The highest BCUT2D eigenvalue weighted by molar-refractivity contribution is 6.12. The van der Waals surface area contributed by atoms with Gasteiger partial charge in [-0.3, -0.25) is 0 Å². The van der Waals surface area contributed by atoms with E-state index in [2.05, 4.69) is 51.3 Å². The molecule has 4 bridgehead atoms. The Morgan fingerprint density at radius 1 is 1.17 bits per heavy atom. The number of aliphatic hydroxyl groups is 1. The summed E-state index contributed by atoms with van der Waals surface area (Å²) < 4.78 is 233. The minimum Gasteiger partial charge on any atom is -0.453 e. The van der Waals surface area contributed by atoms with Crippen LogP contribution in [0.1, 0.15) is 174 Å². The Kier molecular flexibility index (Phi) is 9.31. The number of nitrogens with one attached hydrogen (secondary N) is 1. The lowest BCUT2D eigenvalue weighted by Crippen LogP contribution is -2.65. The lowest BCUT2D eigenvalue weighted by molar-refractivity contribution is -0.227. The van der Waals surface area contributed by atoms with Gasteiger partial charge in [0.05, 0.1) is 23.5 Å². The lowest BCUT2D eigenvalue weighted by Gasteiger charge is -2.72. The van der Waals surface area contributed by atoms with E-state index in [0.717, 1.165) is 41.4 Å². The maximum atomic E-state index is 11.8. The SMILES string of the molecule is C=CC(=O)OCC(F)(F)F.[2H]C([2H])([2H])[C@]1([2H])C([2H])([2H])C[C@@H](N)C([2H])([2H])[C@@]1([2H])O.[2H]C([2H])=C([2H])C(=C([2H])[2H])C([2H])([2H])[2H].[2H]C1=C(C([2H])([2H])[2H])C([2H])([2H])C[C@@H](NC(=O)OC(C)(C)C)C1([2H])[2H].[2H][B][C@H]1C[C@H]2C[C@@H]([C@@H]1C)C2(C)C1C[C@H]2C[C@@H]([C@@H]1C)C2(C)C. The van der Waals surface area contributed by atoms with Crippen LogP contribution in [0.25, 0.3) is 0 Å². The van der Waals surface area contributed by atoms with Crippen LogP contribution in [0.3, 0.4) is 0 Å². The summed E-state index contributed by atoms with van der Waals surface area (Å²) in [7, 11) is 1.76. The van der Waals surface area contributed by atoms with Crippen molar-refractivity contribution in [3.05, 3.63) is 49.0 Å². The van der Waals surface area contributed by atoms with Gasteiger partial charge in [0.2, 0.25) is 0 Å². The van der Waals surface area contributed by atoms with Gasteiger partial charge in [-0.15, -0.1) is 0 Å². The molecule has 1 radical (unpaired) electrons. The quantitative estimate of drug-likeness (QED) is 0.0807. The third kappa shape index (κ3) is 15.4. The highest BCUT2D eigenvalue weighted by Crippen LogP contribution is 2.74. The van der Waals surface area contributed by atoms with Gasteiger partial charge in [-0.2, -0.15) is 13.2 Å². The van der Waals surface area contributed by atoms with Gasteiger partial charge in [-0.25, -0.2) is 9.59 Å². The number of esters is 1. The van der Waals surface area contributed by atoms with Crippen LogP contribution < -0.4 is 11.1 Å². The second-order valence-corrected chi connectivity index (χ2v) is 17.7. The summed E-state index contributed by atoms with van der Waals surface area (Å²) in [6, 6.07) is -4.85. The number of fused-ring (bicyclic) bond motifs is 5. The fraction of sp³-hybridized carbons (Fsp3) is 0.792. The first-order valence-corrected chi connectivity index (χ1v) is 19.7. The zero-order valence-electron chi connectivity index (χ0n) is 61.4. The van der Waals surface area contributed by atoms with E-state index in [1.807, 2.05) is 0 Å². The molecular weight excluding hydrogens is 752 g/mol. The summed E-state index contributed by atoms with van der Waals surface area (Å²) in [5.74, 6) is 2.60. The molecule has 0 aliphatic heterocycles. The molecule has 0 aromatic heterocycles. The Hall–Kier alpha value is -2.53.